The summed E-state index contributed by atoms with van der Waals surface area (Å²) in [5.41, 5.74) is 6.81. The van der Waals surface area contributed by atoms with Crippen molar-refractivity contribution in [2.45, 2.75) is 33.4 Å². The molecule has 106 valence electrons. The zero-order valence-corrected chi connectivity index (χ0v) is 11.8. The Kier molecular flexibility index (Phi) is 6.45. The zero-order chi connectivity index (χ0) is 14.3. The van der Waals surface area contributed by atoms with Crippen LogP contribution in [0.1, 0.15) is 36.8 Å². The largest absolute Gasteiger partial charge is 0.380 e. The first-order valence-electron chi connectivity index (χ1n) is 6.62. The van der Waals surface area contributed by atoms with Gasteiger partial charge in [0, 0.05) is 24.9 Å². The fraction of sp³-hybridized carbons (Fsp3) is 0.571. The number of pyridine rings is 1. The lowest BCUT2D eigenvalue weighted by atomic mass is 10.0. The summed E-state index contributed by atoms with van der Waals surface area (Å²) in [5.74, 6) is 0.196. The Hall–Kier alpha value is -1.46. The number of carbonyl (C=O) groups excluding carboxylic acids is 1. The standard InChI is InChI=1S/C14H23N3O2/c1-4-19-9-13(10(2)3)17-14(18)11-5-6-16-12(7-11)8-15/h5-7,10,13H,4,8-9,15H2,1-3H3,(H,17,18). The predicted octanol–water partition coefficient (Wildman–Crippen LogP) is 1.33. The molecule has 0 spiro atoms. The molecule has 1 aromatic rings. The minimum atomic E-state index is -0.115. The number of rotatable bonds is 7. The molecule has 1 aromatic heterocycles. The topological polar surface area (TPSA) is 77.2 Å². The number of nitrogens with one attached hydrogen (secondary N) is 1. The third-order valence-corrected chi connectivity index (χ3v) is 2.91. The van der Waals surface area contributed by atoms with E-state index in [9.17, 15) is 4.79 Å². The number of amides is 1. The first-order chi connectivity index (χ1) is 9.08. The van der Waals surface area contributed by atoms with Crippen molar-refractivity contribution in [3.63, 3.8) is 0 Å². The van der Waals surface area contributed by atoms with E-state index in [1.165, 1.54) is 0 Å². The van der Waals surface area contributed by atoms with Crippen molar-refractivity contribution >= 4 is 5.91 Å². The highest BCUT2D eigenvalue weighted by molar-refractivity contribution is 5.94. The van der Waals surface area contributed by atoms with Crippen molar-refractivity contribution in [2.75, 3.05) is 13.2 Å². The third kappa shape index (κ3) is 4.96. The molecule has 1 heterocycles. The van der Waals surface area contributed by atoms with E-state index >= 15 is 0 Å². The highest BCUT2D eigenvalue weighted by Crippen LogP contribution is 2.06. The highest BCUT2D eigenvalue weighted by atomic mass is 16.5. The smallest absolute Gasteiger partial charge is 0.251 e. The van der Waals surface area contributed by atoms with Crippen LogP contribution in [-0.2, 0) is 11.3 Å². The number of nitrogens with two attached hydrogens (primary N) is 1. The summed E-state index contributed by atoms with van der Waals surface area (Å²) in [4.78, 5) is 16.2. The van der Waals surface area contributed by atoms with Gasteiger partial charge in [0.2, 0.25) is 0 Å². The molecule has 5 nitrogen and oxygen atoms in total. The van der Waals surface area contributed by atoms with Gasteiger partial charge in [0.1, 0.15) is 0 Å². The molecule has 19 heavy (non-hydrogen) atoms. The van der Waals surface area contributed by atoms with Gasteiger partial charge in [0.15, 0.2) is 0 Å². The van der Waals surface area contributed by atoms with Gasteiger partial charge in [-0.1, -0.05) is 13.8 Å². The van der Waals surface area contributed by atoms with E-state index in [4.69, 9.17) is 10.5 Å². The molecule has 0 bridgehead atoms. The van der Waals surface area contributed by atoms with Gasteiger partial charge >= 0.3 is 0 Å². The Morgan fingerprint density at radius 2 is 2.26 bits per heavy atom. The third-order valence-electron chi connectivity index (χ3n) is 2.91. The Labute approximate surface area is 114 Å². The van der Waals surface area contributed by atoms with Crippen molar-refractivity contribution < 1.29 is 9.53 Å². The van der Waals surface area contributed by atoms with Crippen molar-refractivity contribution in [3.8, 4) is 0 Å². The van der Waals surface area contributed by atoms with E-state index in [2.05, 4.69) is 24.1 Å². The summed E-state index contributed by atoms with van der Waals surface area (Å²) < 4.78 is 5.39. The molecule has 0 aliphatic heterocycles. The predicted molar refractivity (Wildman–Crippen MR) is 74.7 cm³/mol. The maximum atomic E-state index is 12.2. The minimum absolute atomic E-state index is 0.00180. The highest BCUT2D eigenvalue weighted by Gasteiger charge is 2.17. The Morgan fingerprint density at radius 1 is 1.53 bits per heavy atom. The van der Waals surface area contributed by atoms with Gasteiger partial charge in [-0.3, -0.25) is 9.78 Å². The van der Waals surface area contributed by atoms with Crippen LogP contribution < -0.4 is 11.1 Å². The molecule has 0 saturated carbocycles. The molecular formula is C14H23N3O2. The summed E-state index contributed by atoms with van der Waals surface area (Å²) in [6.45, 7) is 7.55. The molecule has 1 amide bonds. The molecule has 5 heteroatoms. The minimum Gasteiger partial charge on any atom is -0.380 e. The van der Waals surface area contributed by atoms with Crippen molar-refractivity contribution in [1.82, 2.24) is 10.3 Å². The number of ether oxygens (including phenoxy) is 1. The Morgan fingerprint density at radius 3 is 2.84 bits per heavy atom. The number of nitrogens with zero attached hydrogens (tertiary/aromatic N) is 1. The van der Waals surface area contributed by atoms with Gasteiger partial charge in [0.25, 0.3) is 5.91 Å². The molecule has 1 rings (SSSR count). The molecule has 0 radical (unpaired) electrons. The first-order valence-corrected chi connectivity index (χ1v) is 6.62. The molecule has 1 unspecified atom stereocenters. The monoisotopic (exact) mass is 265 g/mol. The molecule has 3 N–H and O–H groups in total. The van der Waals surface area contributed by atoms with Crippen LogP contribution in [0, 0.1) is 5.92 Å². The lowest BCUT2D eigenvalue weighted by Crippen LogP contribution is -2.42. The quantitative estimate of drug-likeness (QED) is 0.779. The summed E-state index contributed by atoms with van der Waals surface area (Å²) >= 11 is 0. The van der Waals surface area contributed by atoms with Gasteiger partial charge in [-0.15, -0.1) is 0 Å². The van der Waals surface area contributed by atoms with Crippen LogP contribution in [0.25, 0.3) is 0 Å². The molecule has 0 aliphatic rings. The van der Waals surface area contributed by atoms with Gasteiger partial charge in [-0.2, -0.15) is 0 Å². The van der Waals surface area contributed by atoms with E-state index < -0.39 is 0 Å². The molecule has 0 saturated heterocycles. The molecular weight excluding hydrogens is 242 g/mol. The van der Waals surface area contributed by atoms with Crippen LogP contribution in [0.15, 0.2) is 18.3 Å². The van der Waals surface area contributed by atoms with Crippen LogP contribution in [0.2, 0.25) is 0 Å². The van der Waals surface area contributed by atoms with E-state index in [0.29, 0.717) is 36.9 Å². The fourth-order valence-electron chi connectivity index (χ4n) is 1.63. The van der Waals surface area contributed by atoms with E-state index in [1.807, 2.05) is 6.92 Å². The Bertz CT molecular complexity index is 407. The fourth-order valence-corrected chi connectivity index (χ4v) is 1.63. The summed E-state index contributed by atoms with van der Waals surface area (Å²) in [7, 11) is 0. The molecule has 0 fully saturated rings. The summed E-state index contributed by atoms with van der Waals surface area (Å²) in [5, 5.41) is 2.99. The van der Waals surface area contributed by atoms with E-state index in [1.54, 1.807) is 18.3 Å². The SMILES string of the molecule is CCOCC(NC(=O)c1ccnc(CN)c1)C(C)C. The lowest BCUT2D eigenvalue weighted by molar-refractivity contribution is 0.0806. The average Bonchev–Trinajstić information content (AvgIpc) is 2.42. The van der Waals surface area contributed by atoms with E-state index in [-0.39, 0.29) is 11.9 Å². The number of carbonyl (C=O) groups is 1. The van der Waals surface area contributed by atoms with Crippen molar-refractivity contribution in [1.29, 1.82) is 0 Å². The van der Waals surface area contributed by atoms with Gasteiger partial charge in [0.05, 0.1) is 18.3 Å². The second-order valence-electron chi connectivity index (χ2n) is 4.72. The lowest BCUT2D eigenvalue weighted by Gasteiger charge is -2.22. The van der Waals surface area contributed by atoms with Crippen molar-refractivity contribution in [2.24, 2.45) is 11.7 Å². The van der Waals surface area contributed by atoms with Gasteiger partial charge in [-0.25, -0.2) is 0 Å². The van der Waals surface area contributed by atoms with Gasteiger partial charge < -0.3 is 15.8 Å². The second-order valence-corrected chi connectivity index (χ2v) is 4.72. The Balaban J connectivity index is 2.69. The molecule has 1 atom stereocenters. The first kappa shape index (κ1) is 15.6. The second kappa shape index (κ2) is 7.86. The number of hydrogen-bond donors (Lipinski definition) is 2. The van der Waals surface area contributed by atoms with Crippen LogP contribution in [0.5, 0.6) is 0 Å². The van der Waals surface area contributed by atoms with Gasteiger partial charge in [-0.05, 0) is 25.0 Å². The normalized spacial score (nSPS) is 12.5. The van der Waals surface area contributed by atoms with Crippen LogP contribution >= 0.6 is 0 Å². The van der Waals surface area contributed by atoms with Crippen LogP contribution in [0.4, 0.5) is 0 Å². The van der Waals surface area contributed by atoms with Crippen LogP contribution in [-0.4, -0.2) is 30.1 Å². The van der Waals surface area contributed by atoms with Crippen molar-refractivity contribution in [3.05, 3.63) is 29.6 Å². The zero-order valence-electron chi connectivity index (χ0n) is 11.8. The van der Waals surface area contributed by atoms with Crippen LogP contribution in [0.3, 0.4) is 0 Å². The summed E-state index contributed by atoms with van der Waals surface area (Å²) in [6, 6.07) is 3.40. The number of hydrogen-bond acceptors (Lipinski definition) is 4. The summed E-state index contributed by atoms with van der Waals surface area (Å²) in [6.07, 6.45) is 1.60. The molecule has 0 aliphatic carbocycles. The average molecular weight is 265 g/mol. The number of aromatic nitrogens is 1. The molecule has 0 aromatic carbocycles. The maximum absolute atomic E-state index is 12.2. The maximum Gasteiger partial charge on any atom is 0.251 e. The van der Waals surface area contributed by atoms with E-state index in [0.717, 1.165) is 0 Å².